The number of nitrogens with two attached hydrogens (primary N) is 1. The number of ether oxygens (including phenoxy) is 4. The summed E-state index contributed by atoms with van der Waals surface area (Å²) in [5.74, 6) is -0.962. The molecule has 11 heteroatoms. The van der Waals surface area contributed by atoms with Gasteiger partial charge in [0.05, 0.1) is 31.5 Å². The number of nitrogens with zero attached hydrogens (tertiary/aromatic N) is 2. The Labute approximate surface area is 189 Å². The number of anilines is 1. The third kappa shape index (κ3) is 5.79. The molecular weight excluding hydrogens is 432 g/mol. The second-order valence-corrected chi connectivity index (χ2v) is 6.74. The Hall–Kier alpha value is -4.54. The maximum atomic E-state index is 12.7. The van der Waals surface area contributed by atoms with Crippen molar-refractivity contribution in [2.24, 2.45) is 12.8 Å². The molecule has 3 N–H and O–H groups in total. The minimum absolute atomic E-state index is 0.129. The van der Waals surface area contributed by atoms with Crippen LogP contribution in [0.4, 0.5) is 5.69 Å². The lowest BCUT2D eigenvalue weighted by molar-refractivity contribution is -0.120. The van der Waals surface area contributed by atoms with Crippen LogP contribution >= 0.6 is 0 Å². The van der Waals surface area contributed by atoms with Gasteiger partial charge in [-0.2, -0.15) is 5.10 Å². The number of primary amides is 1. The number of carbonyl (C=O) groups excluding carboxylic acids is 3. The number of rotatable bonds is 9. The van der Waals surface area contributed by atoms with E-state index in [1.54, 1.807) is 25.4 Å². The Bertz CT molecular complexity index is 1150. The Kier molecular flexibility index (Phi) is 7.13. The van der Waals surface area contributed by atoms with Crippen molar-refractivity contribution in [3.63, 3.8) is 0 Å². The highest BCUT2D eigenvalue weighted by molar-refractivity contribution is 6.04. The van der Waals surface area contributed by atoms with Gasteiger partial charge in [0, 0.05) is 18.9 Å². The molecule has 0 spiro atoms. The van der Waals surface area contributed by atoms with Gasteiger partial charge in [-0.05, 0) is 36.4 Å². The fourth-order valence-corrected chi connectivity index (χ4v) is 2.80. The fraction of sp³-hybridized carbons (Fsp3) is 0.182. The molecule has 1 aromatic heterocycles. The van der Waals surface area contributed by atoms with Crippen molar-refractivity contribution in [3.8, 4) is 23.0 Å². The monoisotopic (exact) mass is 454 g/mol. The molecule has 3 aromatic rings. The number of carbonyl (C=O) groups is 3. The van der Waals surface area contributed by atoms with E-state index in [0.717, 1.165) is 0 Å². The van der Waals surface area contributed by atoms with Gasteiger partial charge in [0.25, 0.3) is 11.8 Å². The number of hydrogen-bond donors (Lipinski definition) is 2. The van der Waals surface area contributed by atoms with Crippen LogP contribution < -0.4 is 30.0 Å². The molecular formula is C22H22N4O7. The number of nitrogens with one attached hydrogen (secondary N) is 1. The molecule has 0 bridgehead atoms. The van der Waals surface area contributed by atoms with Crippen LogP contribution in [0.1, 0.15) is 20.7 Å². The van der Waals surface area contributed by atoms with E-state index in [2.05, 4.69) is 10.4 Å². The average molecular weight is 454 g/mol. The summed E-state index contributed by atoms with van der Waals surface area (Å²) in [5.41, 5.74) is 6.17. The third-order valence-electron chi connectivity index (χ3n) is 4.34. The summed E-state index contributed by atoms with van der Waals surface area (Å²) in [6, 6.07) is 9.05. The van der Waals surface area contributed by atoms with Gasteiger partial charge >= 0.3 is 5.97 Å². The van der Waals surface area contributed by atoms with Crippen LogP contribution in [0.2, 0.25) is 0 Å². The molecule has 172 valence electrons. The summed E-state index contributed by atoms with van der Waals surface area (Å²) >= 11 is 0. The van der Waals surface area contributed by atoms with Crippen LogP contribution in [0.25, 0.3) is 0 Å². The summed E-state index contributed by atoms with van der Waals surface area (Å²) in [6.07, 6.45) is 3.05. The zero-order valence-corrected chi connectivity index (χ0v) is 18.2. The normalized spacial score (nSPS) is 10.3. The molecule has 1 heterocycles. The Balaban J connectivity index is 1.71. The predicted octanol–water partition coefficient (Wildman–Crippen LogP) is 1.77. The first-order valence-corrected chi connectivity index (χ1v) is 9.60. The number of aryl methyl sites for hydroxylation is 1. The second-order valence-electron chi connectivity index (χ2n) is 6.74. The van der Waals surface area contributed by atoms with Crippen LogP contribution in [0, 0.1) is 0 Å². The number of benzene rings is 2. The standard InChI is InChI=1S/C22H22N4O7/c1-26-11-14(10-24-26)21(28)25-15-4-6-16(7-5-15)33-22(29)13-8-17(30-2)20(18(9-13)31-3)32-12-19(23)27/h4-11H,12H2,1-3H3,(H2,23,27)(H,25,28). The van der Waals surface area contributed by atoms with Crippen LogP contribution in [-0.2, 0) is 11.8 Å². The molecule has 3 rings (SSSR count). The molecule has 0 unspecified atom stereocenters. The smallest absolute Gasteiger partial charge is 0.343 e. The topological polar surface area (TPSA) is 144 Å². The summed E-state index contributed by atoms with van der Waals surface area (Å²) in [6.45, 7) is -0.389. The Morgan fingerprint density at radius 3 is 2.18 bits per heavy atom. The molecule has 0 aliphatic rings. The van der Waals surface area contributed by atoms with Crippen molar-refractivity contribution in [1.82, 2.24) is 9.78 Å². The summed E-state index contributed by atoms with van der Waals surface area (Å²) in [7, 11) is 4.46. The van der Waals surface area contributed by atoms with Gasteiger partial charge in [-0.1, -0.05) is 0 Å². The molecule has 0 aliphatic carbocycles. The highest BCUT2D eigenvalue weighted by Gasteiger charge is 2.20. The van der Waals surface area contributed by atoms with E-state index in [4.69, 9.17) is 24.7 Å². The molecule has 0 aliphatic heterocycles. The predicted molar refractivity (Wildman–Crippen MR) is 117 cm³/mol. The molecule has 0 saturated heterocycles. The molecule has 0 radical (unpaired) electrons. The van der Waals surface area contributed by atoms with Gasteiger partial charge < -0.3 is 30.0 Å². The minimum atomic E-state index is -0.680. The van der Waals surface area contributed by atoms with Gasteiger partial charge in [-0.3, -0.25) is 14.3 Å². The summed E-state index contributed by atoms with van der Waals surface area (Å²) in [5, 5.41) is 6.68. The summed E-state index contributed by atoms with van der Waals surface area (Å²) in [4.78, 5) is 35.9. The van der Waals surface area contributed by atoms with Crippen molar-refractivity contribution >= 4 is 23.5 Å². The number of amides is 2. The highest BCUT2D eigenvalue weighted by Crippen LogP contribution is 2.38. The van der Waals surface area contributed by atoms with Crippen LogP contribution in [0.3, 0.4) is 0 Å². The number of hydrogen-bond acceptors (Lipinski definition) is 8. The Morgan fingerprint density at radius 1 is 1.03 bits per heavy atom. The van der Waals surface area contributed by atoms with Gasteiger partial charge in [0.15, 0.2) is 18.1 Å². The number of esters is 1. The van der Waals surface area contributed by atoms with Crippen LogP contribution in [0.15, 0.2) is 48.8 Å². The quantitative estimate of drug-likeness (QED) is 0.368. The molecule has 0 atom stereocenters. The zero-order chi connectivity index (χ0) is 24.0. The molecule has 2 aromatic carbocycles. The lowest BCUT2D eigenvalue weighted by Crippen LogP contribution is -2.20. The average Bonchev–Trinajstić information content (AvgIpc) is 3.24. The first kappa shape index (κ1) is 23.1. The lowest BCUT2D eigenvalue weighted by atomic mass is 10.2. The number of methoxy groups -OCH3 is 2. The zero-order valence-electron chi connectivity index (χ0n) is 18.2. The second kappa shape index (κ2) is 10.2. The largest absolute Gasteiger partial charge is 0.493 e. The van der Waals surface area contributed by atoms with Crippen molar-refractivity contribution in [2.75, 3.05) is 26.1 Å². The first-order valence-electron chi connectivity index (χ1n) is 9.60. The number of aromatic nitrogens is 2. The third-order valence-corrected chi connectivity index (χ3v) is 4.34. The van der Waals surface area contributed by atoms with Gasteiger partial charge in [-0.25, -0.2) is 4.79 Å². The van der Waals surface area contributed by atoms with Gasteiger partial charge in [-0.15, -0.1) is 0 Å². The molecule has 0 saturated carbocycles. The highest BCUT2D eigenvalue weighted by atomic mass is 16.5. The molecule has 0 fully saturated rings. The summed E-state index contributed by atoms with van der Waals surface area (Å²) < 4.78 is 22.7. The van der Waals surface area contributed by atoms with E-state index in [1.165, 1.54) is 49.4 Å². The van der Waals surface area contributed by atoms with E-state index in [1.807, 2.05) is 0 Å². The van der Waals surface area contributed by atoms with Crippen LogP contribution in [-0.4, -0.2) is 48.4 Å². The van der Waals surface area contributed by atoms with E-state index in [9.17, 15) is 14.4 Å². The van der Waals surface area contributed by atoms with Crippen molar-refractivity contribution < 1.29 is 33.3 Å². The minimum Gasteiger partial charge on any atom is -0.493 e. The van der Waals surface area contributed by atoms with E-state index >= 15 is 0 Å². The fourth-order valence-electron chi connectivity index (χ4n) is 2.80. The van der Waals surface area contributed by atoms with Crippen molar-refractivity contribution in [3.05, 3.63) is 59.9 Å². The molecule has 33 heavy (non-hydrogen) atoms. The molecule has 2 amide bonds. The van der Waals surface area contributed by atoms with Crippen LogP contribution in [0.5, 0.6) is 23.0 Å². The van der Waals surface area contributed by atoms with E-state index < -0.39 is 11.9 Å². The van der Waals surface area contributed by atoms with Crippen molar-refractivity contribution in [1.29, 1.82) is 0 Å². The SMILES string of the molecule is COc1cc(C(=O)Oc2ccc(NC(=O)c3cnn(C)c3)cc2)cc(OC)c1OCC(N)=O. The van der Waals surface area contributed by atoms with Gasteiger partial charge in [0.1, 0.15) is 5.75 Å². The maximum absolute atomic E-state index is 12.7. The van der Waals surface area contributed by atoms with E-state index in [-0.39, 0.29) is 41.1 Å². The van der Waals surface area contributed by atoms with Crippen molar-refractivity contribution in [2.45, 2.75) is 0 Å². The first-order chi connectivity index (χ1) is 15.8. The van der Waals surface area contributed by atoms with E-state index in [0.29, 0.717) is 11.3 Å². The maximum Gasteiger partial charge on any atom is 0.343 e. The molecule has 11 nitrogen and oxygen atoms in total. The van der Waals surface area contributed by atoms with Gasteiger partial charge in [0.2, 0.25) is 5.75 Å². The lowest BCUT2D eigenvalue weighted by Gasteiger charge is -2.15. The Morgan fingerprint density at radius 2 is 1.67 bits per heavy atom.